The Labute approximate surface area is 521 Å². The van der Waals surface area contributed by atoms with E-state index in [0.29, 0.717) is 12.8 Å². The van der Waals surface area contributed by atoms with E-state index in [1.54, 1.807) is 6.92 Å². The summed E-state index contributed by atoms with van der Waals surface area (Å²) in [6.45, 7) is -6.59. The van der Waals surface area contributed by atoms with Gasteiger partial charge in [0.25, 0.3) is 0 Å². The van der Waals surface area contributed by atoms with Crippen molar-refractivity contribution in [3.63, 3.8) is 0 Å². The van der Waals surface area contributed by atoms with Gasteiger partial charge in [-0.3, -0.25) is 0 Å². The van der Waals surface area contributed by atoms with E-state index in [9.17, 15) is 76.6 Å². The van der Waals surface area contributed by atoms with Gasteiger partial charge in [0.05, 0.1) is 231 Å². The molecule has 0 saturated carbocycles. The fourth-order valence-corrected chi connectivity index (χ4v) is 6.95. The lowest BCUT2D eigenvalue weighted by Crippen LogP contribution is -2.42. The summed E-state index contributed by atoms with van der Waals surface area (Å²) < 4.78 is 92.8. The quantitative estimate of drug-likeness (QED) is 0.0269. The molecule has 0 rings (SSSR count). The highest BCUT2D eigenvalue weighted by Gasteiger charge is 2.33. The van der Waals surface area contributed by atoms with Crippen LogP contribution in [0.1, 0.15) is 26.7 Å². The summed E-state index contributed by atoms with van der Waals surface area (Å²) in [4.78, 5) is 0. The SMILES string of the molecule is CCC(O)COC(CO)COC(COCC(CO)OCC(O)COCC(O)CO)COCC(CC)(COCC(COCC(O)COCC(O)CO)OCC(O)COCC(O)CO)COCC(COCC(O)CO)OCC(COCC(O)CO)OCC(O)CO. The Bertz CT molecular complexity index is 1510. The Hall–Kier alpha value is -1.36. The third-order valence-electron chi connectivity index (χ3n) is 12.5. The molecule has 0 aromatic rings. The van der Waals surface area contributed by atoms with Crippen LogP contribution in [0.5, 0.6) is 0 Å². The fraction of sp³-hybridized carbons (Fsp3) is 1.00. The second kappa shape index (κ2) is 58.0. The highest BCUT2D eigenvalue weighted by molar-refractivity contribution is 4.80. The van der Waals surface area contributed by atoms with Crippen molar-refractivity contribution in [3.05, 3.63) is 0 Å². The van der Waals surface area contributed by atoms with Crippen LogP contribution < -0.4 is 0 Å². The maximum atomic E-state index is 10.7. The molecular weight excluding hydrogens is 1200 g/mol. The van der Waals surface area contributed by atoms with E-state index < -0.39 is 156 Å². The molecule has 18 N–H and O–H groups in total. The number of hydrogen-bond acceptors (Lipinski definition) is 34. The molecule has 0 fully saturated rings. The molecule has 0 heterocycles. The minimum Gasteiger partial charge on any atom is -0.394 e. The molecule has 89 heavy (non-hydrogen) atoms. The fourth-order valence-electron chi connectivity index (χ4n) is 6.95. The van der Waals surface area contributed by atoms with Gasteiger partial charge in [-0.25, -0.2) is 0 Å². The topological polar surface area (TPSA) is 512 Å². The molecule has 0 radical (unpaired) electrons. The molecule has 17 unspecified atom stereocenters. The van der Waals surface area contributed by atoms with Crippen molar-refractivity contribution < 1.29 is 168 Å². The molecule has 17 atom stereocenters. The summed E-state index contributed by atoms with van der Waals surface area (Å²) in [5.74, 6) is 0. The Morgan fingerprint density at radius 3 is 0.730 bits per heavy atom. The van der Waals surface area contributed by atoms with E-state index in [-0.39, 0.29) is 172 Å². The molecule has 0 aliphatic rings. The lowest BCUT2D eigenvalue weighted by Gasteiger charge is -2.34. The van der Waals surface area contributed by atoms with E-state index in [0.717, 1.165) is 0 Å². The van der Waals surface area contributed by atoms with Gasteiger partial charge in [-0.2, -0.15) is 0 Å². The van der Waals surface area contributed by atoms with E-state index in [4.69, 9.17) is 91.1 Å². The molecular formula is C55H112O34. The zero-order valence-electron chi connectivity index (χ0n) is 51.8. The Kier molecular flexibility index (Phi) is 57.1. The van der Waals surface area contributed by atoms with Crippen molar-refractivity contribution in [1.82, 2.24) is 0 Å². The van der Waals surface area contributed by atoms with Crippen LogP contribution in [0, 0.1) is 5.41 Å². The molecule has 0 aromatic heterocycles. The van der Waals surface area contributed by atoms with E-state index in [1.807, 2.05) is 6.92 Å². The number of hydrogen-bond donors (Lipinski definition) is 18. The first-order valence-corrected chi connectivity index (χ1v) is 29.9. The number of aliphatic hydroxyl groups excluding tert-OH is 18. The summed E-state index contributed by atoms with van der Waals surface area (Å²) in [6.07, 6.45) is -16.3. The minimum absolute atomic E-state index is 0.0922. The molecule has 536 valence electrons. The van der Waals surface area contributed by atoms with Crippen molar-refractivity contribution >= 4 is 0 Å². The predicted octanol–water partition coefficient (Wildman–Crippen LogP) is -9.18. The van der Waals surface area contributed by atoms with Crippen LogP contribution in [0.2, 0.25) is 0 Å². The van der Waals surface area contributed by atoms with E-state index in [1.165, 1.54) is 0 Å². The van der Waals surface area contributed by atoms with Crippen molar-refractivity contribution in [2.24, 2.45) is 5.41 Å². The molecule has 0 saturated heterocycles. The zero-order chi connectivity index (χ0) is 66.5. The normalized spacial score (nSPS) is 18.5. The highest BCUT2D eigenvalue weighted by Crippen LogP contribution is 2.25. The van der Waals surface area contributed by atoms with Crippen molar-refractivity contribution in [2.75, 3.05) is 225 Å². The van der Waals surface area contributed by atoms with Crippen molar-refractivity contribution in [1.29, 1.82) is 0 Å². The van der Waals surface area contributed by atoms with Gasteiger partial charge in [0, 0.05) is 5.41 Å². The summed E-state index contributed by atoms with van der Waals surface area (Å²) in [6, 6.07) is 0. The summed E-state index contributed by atoms with van der Waals surface area (Å²) >= 11 is 0. The standard InChI is InChI=1S/C55H112O34/c1-3-39(64)22-84-50(12-63)34-88-53(29-80-26-49(11-62)85-24-47(72)20-75-14-41(66)6-57)33-83-38-55(4-2,36-81-31-51(87-25-48(73)21-76-15-42(67)7-58)27-79-19-46(71)18-74-13-40(65)5-56)37-82-32-52(28-77-16-43(68)8-59)89-35-54(86-23-45(70)10-61)30-78-17-44(69)9-60/h39-54,56-73H,3-38H2,1-2H3. The molecule has 0 aromatic carbocycles. The van der Waals surface area contributed by atoms with Gasteiger partial charge < -0.3 is 168 Å². The molecule has 34 heteroatoms. The Morgan fingerprint density at radius 2 is 0.416 bits per heavy atom. The smallest absolute Gasteiger partial charge is 0.104 e. The monoisotopic (exact) mass is 1320 g/mol. The third-order valence-corrected chi connectivity index (χ3v) is 12.5. The van der Waals surface area contributed by atoms with Crippen molar-refractivity contribution in [3.8, 4) is 0 Å². The van der Waals surface area contributed by atoms with E-state index >= 15 is 0 Å². The van der Waals surface area contributed by atoms with Gasteiger partial charge in [0.15, 0.2) is 0 Å². The van der Waals surface area contributed by atoms with Crippen LogP contribution in [0.4, 0.5) is 0 Å². The average molecular weight is 1320 g/mol. The van der Waals surface area contributed by atoms with Crippen molar-refractivity contribution in [2.45, 2.75) is 124 Å². The van der Waals surface area contributed by atoms with Crippen LogP contribution >= 0.6 is 0 Å². The molecule has 0 amide bonds. The predicted molar refractivity (Wildman–Crippen MR) is 306 cm³/mol. The van der Waals surface area contributed by atoms with Gasteiger partial charge in [-0.05, 0) is 12.8 Å². The van der Waals surface area contributed by atoms with Gasteiger partial charge >= 0.3 is 0 Å². The molecule has 0 spiro atoms. The van der Waals surface area contributed by atoms with Gasteiger partial charge in [-0.15, -0.1) is 0 Å². The summed E-state index contributed by atoms with van der Waals surface area (Å²) in [7, 11) is 0. The van der Waals surface area contributed by atoms with E-state index in [2.05, 4.69) is 0 Å². The average Bonchev–Trinajstić information content (AvgIpc) is 3.70. The Morgan fingerprint density at radius 1 is 0.213 bits per heavy atom. The second-order valence-corrected chi connectivity index (χ2v) is 21.3. The maximum Gasteiger partial charge on any atom is 0.104 e. The number of rotatable bonds is 68. The molecule has 0 aliphatic heterocycles. The molecule has 0 bridgehead atoms. The lowest BCUT2D eigenvalue weighted by atomic mass is 9.88. The molecule has 0 aliphatic carbocycles. The summed E-state index contributed by atoms with van der Waals surface area (Å²) in [5, 5.41) is 176. The number of ether oxygens (including phenoxy) is 16. The first-order chi connectivity index (χ1) is 42.8. The number of aliphatic hydroxyl groups is 18. The zero-order valence-corrected chi connectivity index (χ0v) is 51.8. The van der Waals surface area contributed by atoms with Gasteiger partial charge in [0.1, 0.15) is 91.6 Å². The largest absolute Gasteiger partial charge is 0.394 e. The first kappa shape index (κ1) is 87.6. The second-order valence-electron chi connectivity index (χ2n) is 21.3. The Balaban J connectivity index is 6.92. The van der Waals surface area contributed by atoms with Crippen LogP contribution in [0.15, 0.2) is 0 Å². The van der Waals surface area contributed by atoms with Crippen LogP contribution in [-0.4, -0.2) is 414 Å². The van der Waals surface area contributed by atoms with Crippen LogP contribution in [-0.2, 0) is 75.8 Å². The first-order valence-electron chi connectivity index (χ1n) is 29.9. The lowest BCUT2D eigenvalue weighted by molar-refractivity contribution is -0.150. The van der Waals surface area contributed by atoms with Gasteiger partial charge in [0.2, 0.25) is 0 Å². The molecule has 34 nitrogen and oxygen atoms in total. The van der Waals surface area contributed by atoms with Gasteiger partial charge in [-0.1, -0.05) is 13.8 Å². The van der Waals surface area contributed by atoms with Crippen LogP contribution in [0.3, 0.4) is 0 Å². The third kappa shape index (κ3) is 48.9. The minimum atomic E-state index is -1.25. The van der Waals surface area contributed by atoms with Crippen LogP contribution in [0.25, 0.3) is 0 Å². The summed E-state index contributed by atoms with van der Waals surface area (Å²) in [5.41, 5.74) is -1.06. The highest BCUT2D eigenvalue weighted by atomic mass is 16.6. The maximum absolute atomic E-state index is 10.7.